The smallest absolute Gasteiger partial charge is 0.319 e. The monoisotopic (exact) mass is 230 g/mol. The quantitative estimate of drug-likeness (QED) is 0.779. The topological polar surface area (TPSA) is 65.2 Å². The molecule has 1 atom stereocenters. The molecule has 0 aliphatic carbocycles. The fourth-order valence-electron chi connectivity index (χ4n) is 1.23. The fraction of sp³-hybridized carbons (Fsp3) is 0.500. The number of carbonyl (C=O) groups excluding carboxylic acids is 1. The van der Waals surface area contributed by atoms with Crippen LogP contribution >= 0.6 is 23.1 Å². The van der Waals surface area contributed by atoms with Gasteiger partial charge in [-0.25, -0.2) is 4.98 Å². The van der Waals surface area contributed by atoms with Gasteiger partial charge >= 0.3 is 5.97 Å². The number of hydrogen-bond donors (Lipinski definition) is 1. The second kappa shape index (κ2) is 3.78. The van der Waals surface area contributed by atoms with Gasteiger partial charge in [0.25, 0.3) is 0 Å². The van der Waals surface area contributed by atoms with Crippen molar-refractivity contribution >= 4 is 34.2 Å². The zero-order chi connectivity index (χ0) is 10.1. The molecule has 2 heterocycles. The van der Waals surface area contributed by atoms with E-state index in [0.717, 1.165) is 16.3 Å². The van der Waals surface area contributed by atoms with Crippen molar-refractivity contribution in [3.63, 3.8) is 0 Å². The van der Waals surface area contributed by atoms with Crippen LogP contribution in [0, 0.1) is 6.92 Å². The lowest BCUT2D eigenvalue weighted by Gasteiger charge is -2.02. The third kappa shape index (κ3) is 1.85. The molecule has 76 valence electrons. The van der Waals surface area contributed by atoms with Gasteiger partial charge < -0.3 is 10.5 Å². The van der Waals surface area contributed by atoms with E-state index in [0.29, 0.717) is 11.7 Å². The number of nitrogens with zero attached hydrogens (tertiary/aromatic N) is 1. The highest BCUT2D eigenvalue weighted by Gasteiger charge is 2.28. The van der Waals surface area contributed by atoms with Crippen molar-refractivity contribution in [1.82, 2.24) is 4.98 Å². The van der Waals surface area contributed by atoms with Crippen LogP contribution in [0.25, 0.3) is 0 Å². The summed E-state index contributed by atoms with van der Waals surface area (Å²) >= 11 is 2.93. The average molecular weight is 230 g/mol. The Balaban J connectivity index is 2.10. The number of nitrogens with two attached hydrogens (primary N) is 1. The molecule has 6 heteroatoms. The highest BCUT2D eigenvalue weighted by atomic mass is 32.2. The molecule has 1 saturated heterocycles. The first-order chi connectivity index (χ1) is 6.66. The molecular formula is C8H10N2O2S2. The van der Waals surface area contributed by atoms with Crippen molar-refractivity contribution in [3.05, 3.63) is 5.69 Å². The molecule has 0 bridgehead atoms. The number of esters is 1. The molecule has 1 aromatic rings. The number of ether oxygens (including phenoxy) is 1. The van der Waals surface area contributed by atoms with Gasteiger partial charge in [0.05, 0.1) is 16.5 Å². The molecule has 0 spiro atoms. The van der Waals surface area contributed by atoms with E-state index in [1.807, 2.05) is 6.92 Å². The normalized spacial score (nSPS) is 21.2. The van der Waals surface area contributed by atoms with Gasteiger partial charge in [0.15, 0.2) is 5.13 Å². The van der Waals surface area contributed by atoms with E-state index in [9.17, 15) is 4.79 Å². The summed E-state index contributed by atoms with van der Waals surface area (Å²) in [5, 5.41) is 0.477. The van der Waals surface area contributed by atoms with Crippen LogP contribution in [-0.2, 0) is 9.53 Å². The molecule has 1 fully saturated rings. The van der Waals surface area contributed by atoms with Gasteiger partial charge in [-0.1, -0.05) is 23.1 Å². The Morgan fingerprint density at radius 2 is 2.50 bits per heavy atom. The molecule has 0 amide bonds. The number of anilines is 1. The lowest BCUT2D eigenvalue weighted by molar-refractivity contribution is -0.137. The van der Waals surface area contributed by atoms with Gasteiger partial charge in [-0.15, -0.1) is 0 Å². The summed E-state index contributed by atoms with van der Waals surface area (Å²) in [4.78, 5) is 15.3. The van der Waals surface area contributed by atoms with Crippen molar-refractivity contribution in [2.45, 2.75) is 22.8 Å². The van der Waals surface area contributed by atoms with Gasteiger partial charge in [-0.2, -0.15) is 0 Å². The predicted molar refractivity (Wildman–Crippen MR) is 56.5 cm³/mol. The van der Waals surface area contributed by atoms with E-state index in [1.54, 1.807) is 0 Å². The summed E-state index contributed by atoms with van der Waals surface area (Å²) in [6.07, 6.45) is 0.779. The summed E-state index contributed by atoms with van der Waals surface area (Å²) in [6, 6.07) is 0. The Labute approximate surface area is 89.8 Å². The zero-order valence-corrected chi connectivity index (χ0v) is 9.28. The molecule has 1 unspecified atom stereocenters. The lowest BCUT2D eigenvalue weighted by Crippen LogP contribution is -2.08. The zero-order valence-electron chi connectivity index (χ0n) is 7.65. The maximum Gasteiger partial charge on any atom is 0.319 e. The first-order valence-corrected chi connectivity index (χ1v) is 5.92. The number of aromatic nitrogens is 1. The SMILES string of the molecule is Cc1nc(N)sc1SC1CCOC1=O. The van der Waals surface area contributed by atoms with Crippen LogP contribution in [0.15, 0.2) is 4.21 Å². The van der Waals surface area contributed by atoms with Gasteiger partial charge in [0.1, 0.15) is 5.25 Å². The maximum absolute atomic E-state index is 11.2. The Morgan fingerprint density at radius 1 is 1.71 bits per heavy atom. The highest BCUT2D eigenvalue weighted by Crippen LogP contribution is 2.36. The molecule has 1 aliphatic rings. The van der Waals surface area contributed by atoms with E-state index < -0.39 is 0 Å². The van der Waals surface area contributed by atoms with Gasteiger partial charge in [-0.05, 0) is 6.92 Å². The maximum atomic E-state index is 11.2. The molecule has 2 rings (SSSR count). The van der Waals surface area contributed by atoms with Gasteiger partial charge in [0.2, 0.25) is 0 Å². The van der Waals surface area contributed by atoms with Crippen LogP contribution in [-0.4, -0.2) is 22.8 Å². The number of nitrogen functional groups attached to an aromatic ring is 1. The molecule has 0 aromatic carbocycles. The van der Waals surface area contributed by atoms with Crippen molar-refractivity contribution in [2.75, 3.05) is 12.3 Å². The van der Waals surface area contributed by atoms with E-state index >= 15 is 0 Å². The number of rotatable bonds is 2. The van der Waals surface area contributed by atoms with Crippen LogP contribution in [0.5, 0.6) is 0 Å². The molecule has 1 aliphatic heterocycles. The van der Waals surface area contributed by atoms with E-state index in [-0.39, 0.29) is 11.2 Å². The number of thioether (sulfide) groups is 1. The van der Waals surface area contributed by atoms with E-state index in [2.05, 4.69) is 4.98 Å². The van der Waals surface area contributed by atoms with Crippen LogP contribution < -0.4 is 5.73 Å². The van der Waals surface area contributed by atoms with Gasteiger partial charge in [0, 0.05) is 6.42 Å². The minimum absolute atomic E-state index is 0.0754. The third-order valence-corrected chi connectivity index (χ3v) is 4.45. The fourth-order valence-corrected chi connectivity index (χ4v) is 3.44. The lowest BCUT2D eigenvalue weighted by atomic mass is 10.4. The largest absolute Gasteiger partial charge is 0.465 e. The molecule has 1 aromatic heterocycles. The second-order valence-electron chi connectivity index (χ2n) is 2.99. The Kier molecular flexibility index (Phi) is 2.64. The highest BCUT2D eigenvalue weighted by molar-refractivity contribution is 8.02. The number of thiazole rings is 1. The van der Waals surface area contributed by atoms with Crippen LogP contribution in [0.2, 0.25) is 0 Å². The van der Waals surface area contributed by atoms with E-state index in [4.69, 9.17) is 10.5 Å². The molecule has 4 nitrogen and oxygen atoms in total. The van der Waals surface area contributed by atoms with Crippen LogP contribution in [0.3, 0.4) is 0 Å². The number of hydrogen-bond acceptors (Lipinski definition) is 6. The number of cyclic esters (lactones) is 1. The molecule has 0 radical (unpaired) electrons. The van der Waals surface area contributed by atoms with E-state index in [1.165, 1.54) is 23.1 Å². The van der Waals surface area contributed by atoms with Crippen molar-refractivity contribution < 1.29 is 9.53 Å². The minimum atomic E-state index is -0.124. The Morgan fingerprint density at radius 3 is 3.00 bits per heavy atom. The standard InChI is InChI=1S/C8H10N2O2S2/c1-4-7(14-8(9)10-4)13-5-2-3-12-6(5)11/h5H,2-3H2,1H3,(H2,9,10). The summed E-state index contributed by atoms with van der Waals surface area (Å²) < 4.78 is 5.90. The second-order valence-corrected chi connectivity index (χ2v) is 5.49. The number of carbonyl (C=O) groups is 1. The third-order valence-electron chi connectivity index (χ3n) is 1.91. The van der Waals surface area contributed by atoms with Crippen LogP contribution in [0.4, 0.5) is 5.13 Å². The Bertz CT molecular complexity index is 364. The predicted octanol–water partition coefficient (Wildman–Crippen LogP) is 1.44. The van der Waals surface area contributed by atoms with Crippen LogP contribution in [0.1, 0.15) is 12.1 Å². The van der Waals surface area contributed by atoms with Gasteiger partial charge in [-0.3, -0.25) is 4.79 Å². The summed E-state index contributed by atoms with van der Waals surface area (Å²) in [7, 11) is 0. The molecule has 0 saturated carbocycles. The van der Waals surface area contributed by atoms with Crippen molar-refractivity contribution in [1.29, 1.82) is 0 Å². The Hall–Kier alpha value is -0.750. The summed E-state index contributed by atoms with van der Waals surface area (Å²) in [6.45, 7) is 2.43. The number of aryl methyl sites for hydroxylation is 1. The molecule has 2 N–H and O–H groups in total. The summed E-state index contributed by atoms with van der Waals surface area (Å²) in [5.74, 6) is -0.124. The van der Waals surface area contributed by atoms with Crippen molar-refractivity contribution in [2.24, 2.45) is 0 Å². The molecule has 14 heavy (non-hydrogen) atoms. The summed E-state index contributed by atoms with van der Waals surface area (Å²) in [5.41, 5.74) is 6.47. The minimum Gasteiger partial charge on any atom is -0.465 e. The molecular weight excluding hydrogens is 220 g/mol. The first kappa shape index (κ1) is 9.79. The average Bonchev–Trinajstić information content (AvgIpc) is 2.62. The van der Waals surface area contributed by atoms with Crippen molar-refractivity contribution in [3.8, 4) is 0 Å². The first-order valence-electron chi connectivity index (χ1n) is 4.23.